The van der Waals surface area contributed by atoms with E-state index in [0.717, 1.165) is 30.7 Å². The predicted octanol–water partition coefficient (Wildman–Crippen LogP) is 4.28. The molecule has 2 aromatic heterocycles. The molecule has 1 aromatic carbocycles. The highest BCUT2D eigenvalue weighted by Gasteiger charge is 2.15. The molecule has 0 aliphatic rings. The third kappa shape index (κ3) is 5.26. The monoisotopic (exact) mass is 408 g/mol. The van der Waals surface area contributed by atoms with E-state index in [1.54, 1.807) is 48.7 Å². The number of hydrogen-bond donors (Lipinski definition) is 2. The van der Waals surface area contributed by atoms with Gasteiger partial charge in [0.25, 0.3) is 0 Å². The smallest absolute Gasteiger partial charge is 0.335 e. The summed E-state index contributed by atoms with van der Waals surface area (Å²) in [6.45, 7) is 2.57. The van der Waals surface area contributed by atoms with Crippen LogP contribution in [0.4, 0.5) is 0 Å². The molecule has 30 heavy (non-hydrogen) atoms. The molecule has 2 heterocycles. The Hall–Kier alpha value is -3.61. The van der Waals surface area contributed by atoms with Crippen molar-refractivity contribution in [2.45, 2.75) is 39.2 Å². The molecule has 2 N–H and O–H groups in total. The van der Waals surface area contributed by atoms with Crippen LogP contribution in [0.3, 0.4) is 0 Å². The Kier molecular flexibility index (Phi) is 6.85. The van der Waals surface area contributed by atoms with Crippen LogP contribution in [0.2, 0.25) is 0 Å². The molecule has 0 radical (unpaired) electrons. The van der Waals surface area contributed by atoms with Gasteiger partial charge < -0.3 is 19.2 Å². The average Bonchev–Trinajstić information content (AvgIpc) is 3.37. The molecule has 0 amide bonds. The van der Waals surface area contributed by atoms with Crippen molar-refractivity contribution in [1.29, 1.82) is 0 Å². The van der Waals surface area contributed by atoms with Gasteiger partial charge in [0.2, 0.25) is 0 Å². The minimum Gasteiger partial charge on any atom is -0.478 e. The molecular formula is C23H24N2O5. The minimum atomic E-state index is -1.01. The number of imidazole rings is 1. The number of furan rings is 1. The van der Waals surface area contributed by atoms with Crippen molar-refractivity contribution >= 4 is 18.0 Å². The van der Waals surface area contributed by atoms with Gasteiger partial charge in [-0.1, -0.05) is 25.5 Å². The van der Waals surface area contributed by atoms with E-state index in [1.165, 1.54) is 6.26 Å². The summed E-state index contributed by atoms with van der Waals surface area (Å²) in [7, 11) is 0. The van der Waals surface area contributed by atoms with Crippen molar-refractivity contribution in [3.63, 3.8) is 0 Å². The van der Waals surface area contributed by atoms with Crippen LogP contribution in [0.1, 0.15) is 53.0 Å². The second kappa shape index (κ2) is 9.73. The highest BCUT2D eigenvalue weighted by molar-refractivity contribution is 5.92. The number of aryl methyl sites for hydroxylation is 1. The number of carboxylic acid groups (broad SMARTS) is 2. The number of carboxylic acids is 2. The predicted molar refractivity (Wildman–Crippen MR) is 111 cm³/mol. The zero-order valence-electron chi connectivity index (χ0n) is 16.7. The van der Waals surface area contributed by atoms with E-state index < -0.39 is 11.9 Å². The fourth-order valence-electron chi connectivity index (χ4n) is 3.16. The van der Waals surface area contributed by atoms with Crippen molar-refractivity contribution in [2.24, 2.45) is 0 Å². The van der Waals surface area contributed by atoms with Gasteiger partial charge in [-0.05, 0) is 42.3 Å². The molecule has 0 fully saturated rings. The summed E-state index contributed by atoms with van der Waals surface area (Å²) in [5, 5.41) is 18.7. The molecule has 0 saturated carbocycles. The molecule has 7 nitrogen and oxygen atoms in total. The van der Waals surface area contributed by atoms with E-state index in [2.05, 4.69) is 11.9 Å². The lowest BCUT2D eigenvalue weighted by Gasteiger charge is -2.12. The standard InChI is InChI=1S/C23H24N2O5/c1-2-3-6-21-24-14-19(12-18(23(28)29)13-20-5-4-11-30-20)25(21)15-16-7-9-17(10-8-16)22(26)27/h4-5,7-12,14H,2-3,6,13,15H2,1H3,(H,26,27)(H,28,29). The van der Waals surface area contributed by atoms with Crippen LogP contribution in [-0.4, -0.2) is 31.7 Å². The number of rotatable bonds is 10. The summed E-state index contributed by atoms with van der Waals surface area (Å²) in [4.78, 5) is 27.4. The fourth-order valence-corrected chi connectivity index (χ4v) is 3.16. The summed E-state index contributed by atoms with van der Waals surface area (Å²) in [6, 6.07) is 10.1. The molecule has 3 aromatic rings. The topological polar surface area (TPSA) is 106 Å². The Morgan fingerprint density at radius 3 is 2.53 bits per heavy atom. The van der Waals surface area contributed by atoms with E-state index in [1.807, 2.05) is 4.57 Å². The van der Waals surface area contributed by atoms with Crippen molar-refractivity contribution in [1.82, 2.24) is 9.55 Å². The van der Waals surface area contributed by atoms with E-state index in [4.69, 9.17) is 9.52 Å². The van der Waals surface area contributed by atoms with Gasteiger partial charge in [0.05, 0.1) is 23.7 Å². The number of hydrogen-bond acceptors (Lipinski definition) is 4. The Bertz CT molecular complexity index is 1030. The minimum absolute atomic E-state index is 0.172. The van der Waals surface area contributed by atoms with Gasteiger partial charge in [0, 0.05) is 25.0 Å². The molecule has 156 valence electrons. The summed E-state index contributed by atoms with van der Waals surface area (Å²) < 4.78 is 7.27. The van der Waals surface area contributed by atoms with Gasteiger partial charge in [-0.15, -0.1) is 0 Å². The van der Waals surface area contributed by atoms with E-state index in [0.29, 0.717) is 18.0 Å². The first-order valence-corrected chi connectivity index (χ1v) is 9.80. The number of aromatic nitrogens is 2. The number of nitrogens with zero attached hydrogens (tertiary/aromatic N) is 2. The van der Waals surface area contributed by atoms with Crippen LogP contribution in [0.15, 0.2) is 58.8 Å². The van der Waals surface area contributed by atoms with Gasteiger partial charge >= 0.3 is 11.9 Å². The zero-order chi connectivity index (χ0) is 21.5. The number of aliphatic carboxylic acids is 1. The molecule has 0 saturated heterocycles. The normalized spacial score (nSPS) is 11.6. The van der Waals surface area contributed by atoms with Crippen LogP contribution in [0, 0.1) is 0 Å². The summed E-state index contributed by atoms with van der Waals surface area (Å²) in [6.07, 6.45) is 7.76. The largest absolute Gasteiger partial charge is 0.478 e. The molecule has 3 rings (SSSR count). The lowest BCUT2D eigenvalue weighted by Crippen LogP contribution is -2.09. The van der Waals surface area contributed by atoms with Gasteiger partial charge in [0.1, 0.15) is 11.6 Å². The molecule has 0 atom stereocenters. The first kappa shape index (κ1) is 21.1. The molecule has 0 unspecified atom stereocenters. The highest BCUT2D eigenvalue weighted by Crippen LogP contribution is 2.18. The van der Waals surface area contributed by atoms with Crippen molar-refractivity contribution in [3.05, 3.63) is 82.8 Å². The van der Waals surface area contributed by atoms with Crippen LogP contribution in [0.5, 0.6) is 0 Å². The SMILES string of the molecule is CCCCc1ncc(C=C(Cc2ccco2)C(=O)O)n1Cc1ccc(C(=O)O)cc1. The molecule has 0 aliphatic heterocycles. The lowest BCUT2D eigenvalue weighted by atomic mass is 10.1. The molecule has 0 bridgehead atoms. The third-order valence-corrected chi connectivity index (χ3v) is 4.81. The molecule has 0 aliphatic carbocycles. The Morgan fingerprint density at radius 2 is 1.93 bits per heavy atom. The van der Waals surface area contributed by atoms with Crippen LogP contribution >= 0.6 is 0 Å². The number of carbonyl (C=O) groups is 2. The van der Waals surface area contributed by atoms with Crippen molar-refractivity contribution in [2.75, 3.05) is 0 Å². The van der Waals surface area contributed by atoms with Crippen LogP contribution in [-0.2, 0) is 24.2 Å². The maximum atomic E-state index is 11.8. The number of aromatic carboxylic acids is 1. The van der Waals surface area contributed by atoms with Crippen molar-refractivity contribution in [3.8, 4) is 0 Å². The fraction of sp³-hybridized carbons (Fsp3) is 0.261. The van der Waals surface area contributed by atoms with E-state index in [-0.39, 0.29) is 17.6 Å². The highest BCUT2D eigenvalue weighted by atomic mass is 16.4. The molecular weight excluding hydrogens is 384 g/mol. The molecule has 7 heteroatoms. The van der Waals surface area contributed by atoms with Crippen molar-refractivity contribution < 1.29 is 24.2 Å². The first-order valence-electron chi connectivity index (χ1n) is 9.80. The molecule has 0 spiro atoms. The Labute approximate surface area is 174 Å². The van der Waals surface area contributed by atoms with Crippen LogP contribution in [0.25, 0.3) is 6.08 Å². The van der Waals surface area contributed by atoms with Gasteiger partial charge in [0.15, 0.2) is 0 Å². The third-order valence-electron chi connectivity index (χ3n) is 4.81. The van der Waals surface area contributed by atoms with E-state index in [9.17, 15) is 14.7 Å². The van der Waals surface area contributed by atoms with E-state index >= 15 is 0 Å². The first-order chi connectivity index (χ1) is 14.5. The van der Waals surface area contributed by atoms with Crippen LogP contribution < -0.4 is 0 Å². The summed E-state index contributed by atoms with van der Waals surface area (Å²) in [5.41, 5.74) is 2.03. The van der Waals surface area contributed by atoms with Gasteiger partial charge in [-0.25, -0.2) is 14.6 Å². The Balaban J connectivity index is 1.94. The zero-order valence-corrected chi connectivity index (χ0v) is 16.7. The van der Waals surface area contributed by atoms with Gasteiger partial charge in [-0.2, -0.15) is 0 Å². The average molecular weight is 408 g/mol. The summed E-state index contributed by atoms with van der Waals surface area (Å²) in [5.74, 6) is -0.543. The second-order valence-electron chi connectivity index (χ2n) is 7.02. The maximum Gasteiger partial charge on any atom is 0.335 e. The Morgan fingerprint density at radius 1 is 1.17 bits per heavy atom. The summed E-state index contributed by atoms with van der Waals surface area (Å²) >= 11 is 0. The lowest BCUT2D eigenvalue weighted by molar-refractivity contribution is -0.132. The number of unbranched alkanes of at least 4 members (excludes halogenated alkanes) is 1. The van der Waals surface area contributed by atoms with Gasteiger partial charge in [-0.3, -0.25) is 0 Å². The quantitative estimate of drug-likeness (QED) is 0.485. The number of benzene rings is 1. The maximum absolute atomic E-state index is 11.8. The second-order valence-corrected chi connectivity index (χ2v) is 7.02.